The fourth-order valence-corrected chi connectivity index (χ4v) is 0.774. The van der Waals surface area contributed by atoms with Crippen LogP contribution in [0.15, 0.2) is 37.0 Å². The molecule has 0 bridgehead atoms. The summed E-state index contributed by atoms with van der Waals surface area (Å²) in [7, 11) is 0. The van der Waals surface area contributed by atoms with Crippen LogP contribution in [0.1, 0.15) is 20.3 Å². The average molecular weight is 376 g/mol. The van der Waals surface area contributed by atoms with Crippen LogP contribution in [0, 0.1) is 5.92 Å². The number of primary amides is 2. The molecule has 1 atom stereocenters. The Hall–Kier alpha value is -0.940. The molecule has 0 rings (SSSR count). The van der Waals surface area contributed by atoms with Crippen molar-refractivity contribution in [2.24, 2.45) is 17.4 Å². The maximum absolute atomic E-state index is 10.6. The fourth-order valence-electron chi connectivity index (χ4n) is 0.774. The maximum atomic E-state index is 10.6. The number of carboxylic acids is 2. The van der Waals surface area contributed by atoms with Gasteiger partial charge in [0, 0.05) is 17.6 Å². The van der Waals surface area contributed by atoms with Gasteiger partial charge in [-0.1, -0.05) is 26.2 Å². The number of hydrogen-bond acceptors (Lipinski definition) is 6. The van der Waals surface area contributed by atoms with Crippen LogP contribution >= 0.6 is 0 Å². The number of carbonyl (C=O) groups excluding carboxylic acids is 3. The molecule has 11 heteroatoms. The van der Waals surface area contributed by atoms with Gasteiger partial charge in [-0.25, -0.2) is 4.79 Å². The van der Waals surface area contributed by atoms with Crippen molar-refractivity contribution in [3.05, 3.63) is 37.0 Å². The van der Waals surface area contributed by atoms with Crippen LogP contribution in [0.3, 0.4) is 0 Å². The molecule has 2 amide bonds. The largest absolute Gasteiger partial charge is 1.00 e. The van der Waals surface area contributed by atoms with Crippen LogP contribution in [0.4, 0.5) is 0 Å². The molecular weight excluding hydrogens is 354 g/mol. The molecule has 0 spiro atoms. The predicted octanol–water partition coefficient (Wildman–Crippen LogP) is -7.06. The molecule has 0 aliphatic heterocycles. The number of rotatable bonds is 6. The minimum Gasteiger partial charge on any atom is -0.870 e. The molecule has 25 heavy (non-hydrogen) atoms. The van der Waals surface area contributed by atoms with Crippen molar-refractivity contribution < 1.29 is 94.0 Å². The molecule has 0 saturated carbocycles. The number of allylic oxidation sites excluding steroid dienone is 1. The third-order valence-corrected chi connectivity index (χ3v) is 1.97. The van der Waals surface area contributed by atoms with Crippen LogP contribution in [-0.2, 0) is 19.2 Å². The van der Waals surface area contributed by atoms with Gasteiger partial charge < -0.3 is 32.0 Å². The molecule has 132 valence electrons. The molecule has 0 aliphatic rings. The van der Waals surface area contributed by atoms with E-state index in [-0.39, 0.29) is 71.0 Å². The molecule has 0 aromatic heterocycles. The minimum atomic E-state index is -1.17. The van der Waals surface area contributed by atoms with Crippen molar-refractivity contribution in [3.8, 4) is 0 Å². The Kier molecular flexibility index (Phi) is 39.7. The minimum absolute atomic E-state index is 0. The number of amides is 2. The van der Waals surface area contributed by atoms with Crippen LogP contribution in [0.5, 0.6) is 0 Å². The topological polar surface area (TPSA) is 194 Å². The van der Waals surface area contributed by atoms with Gasteiger partial charge in [0.2, 0.25) is 11.8 Å². The van der Waals surface area contributed by atoms with E-state index in [9.17, 15) is 24.3 Å². The van der Waals surface area contributed by atoms with Crippen molar-refractivity contribution in [2.45, 2.75) is 20.3 Å². The van der Waals surface area contributed by atoms with Crippen molar-refractivity contribution in [2.75, 3.05) is 0 Å². The smallest absolute Gasteiger partial charge is 0.870 e. The van der Waals surface area contributed by atoms with Gasteiger partial charge in [0.05, 0.1) is 0 Å². The summed E-state index contributed by atoms with van der Waals surface area (Å²) >= 11 is 0. The van der Waals surface area contributed by atoms with E-state index in [1.165, 1.54) is 13.0 Å². The number of carbonyl (C=O) groups is 4. The average Bonchev–Trinajstić information content (AvgIpc) is 2.44. The van der Waals surface area contributed by atoms with E-state index >= 15 is 0 Å². The Morgan fingerprint density at radius 3 is 1.56 bits per heavy atom. The van der Waals surface area contributed by atoms with E-state index in [1.54, 1.807) is 6.92 Å². The van der Waals surface area contributed by atoms with E-state index in [0.29, 0.717) is 5.57 Å². The maximum Gasteiger partial charge on any atom is 1.00 e. The summed E-state index contributed by atoms with van der Waals surface area (Å²) in [6.45, 7) is 9.16. The first-order chi connectivity index (χ1) is 10.0. The zero-order chi connectivity index (χ0) is 18.3. The molecule has 0 heterocycles. The third kappa shape index (κ3) is 35.1. The SMILES string of the molecule is C=CC(=O)O.C=CC(N)=O.CC=C(CC(C)C(=O)[O-])C(N)=O.[Na+].[Na+].[OH-]. The zero-order valence-corrected chi connectivity index (χ0v) is 19.0. The van der Waals surface area contributed by atoms with E-state index in [1.807, 2.05) is 0 Å². The predicted molar refractivity (Wildman–Crippen MR) is 80.9 cm³/mol. The standard InChI is InChI=1S/C8H13NO3.C3H5NO.C3H4O2.2Na.H2O/c1-3-6(7(9)10)4-5(2)8(11)12;2*1-2-3(4)5;;;/h3,5H,4H2,1-2H3,(H2,9,10)(H,11,12);2H,1H2,(H2,4,5);2H,1H2,(H,4,5);;;1H2/q;;;2*+1;/p-2. The molecule has 0 saturated heterocycles. The Balaban J connectivity index is -0.0000000592. The fraction of sp³-hybridized carbons (Fsp3) is 0.286. The van der Waals surface area contributed by atoms with Gasteiger partial charge >= 0.3 is 65.1 Å². The van der Waals surface area contributed by atoms with Gasteiger partial charge in [0.25, 0.3) is 0 Å². The van der Waals surface area contributed by atoms with Gasteiger partial charge in [0.1, 0.15) is 0 Å². The first kappa shape index (κ1) is 39.2. The number of carboxylic acid groups (broad SMARTS) is 2. The second kappa shape index (κ2) is 25.3. The molecule has 0 radical (unpaired) electrons. The first-order valence-corrected chi connectivity index (χ1v) is 5.96. The third-order valence-electron chi connectivity index (χ3n) is 1.97. The van der Waals surface area contributed by atoms with Crippen LogP contribution in [0.25, 0.3) is 0 Å². The summed E-state index contributed by atoms with van der Waals surface area (Å²) in [5.74, 6) is -3.89. The molecule has 0 fully saturated rings. The number of nitrogens with two attached hydrogens (primary N) is 2. The Labute approximate surface area is 191 Å². The van der Waals surface area contributed by atoms with E-state index in [0.717, 1.165) is 12.2 Å². The quantitative estimate of drug-likeness (QED) is 0.302. The first-order valence-electron chi connectivity index (χ1n) is 5.96. The monoisotopic (exact) mass is 376 g/mol. The second-order valence-corrected chi connectivity index (χ2v) is 3.75. The molecule has 0 aromatic carbocycles. The van der Waals surface area contributed by atoms with Gasteiger partial charge in [0.15, 0.2) is 0 Å². The molecule has 0 aliphatic carbocycles. The van der Waals surface area contributed by atoms with E-state index in [4.69, 9.17) is 10.8 Å². The Bertz CT molecular complexity index is 448. The molecule has 0 aromatic rings. The molecular formula is C14H22N2Na2O7. The van der Waals surface area contributed by atoms with Gasteiger partial charge in [-0.2, -0.15) is 0 Å². The van der Waals surface area contributed by atoms with Crippen molar-refractivity contribution in [1.82, 2.24) is 0 Å². The van der Waals surface area contributed by atoms with Gasteiger partial charge in [-0.05, 0) is 25.3 Å². The number of hydrogen-bond donors (Lipinski definition) is 3. The summed E-state index contributed by atoms with van der Waals surface area (Å²) < 4.78 is 0. The summed E-state index contributed by atoms with van der Waals surface area (Å²) in [5.41, 5.74) is 9.84. The Morgan fingerprint density at radius 1 is 1.12 bits per heavy atom. The van der Waals surface area contributed by atoms with Gasteiger partial charge in [-0.3, -0.25) is 9.59 Å². The number of aliphatic carboxylic acids is 2. The van der Waals surface area contributed by atoms with Crippen LogP contribution < -0.4 is 75.7 Å². The molecule has 1 unspecified atom stereocenters. The zero-order valence-electron chi connectivity index (χ0n) is 15.0. The van der Waals surface area contributed by atoms with Crippen LogP contribution in [-0.4, -0.2) is 34.3 Å². The van der Waals surface area contributed by atoms with E-state index in [2.05, 4.69) is 18.9 Å². The van der Waals surface area contributed by atoms with Gasteiger partial charge in [-0.15, -0.1) is 0 Å². The summed E-state index contributed by atoms with van der Waals surface area (Å²) in [4.78, 5) is 39.6. The van der Waals surface area contributed by atoms with Crippen LogP contribution in [0.2, 0.25) is 0 Å². The Morgan fingerprint density at radius 2 is 1.44 bits per heavy atom. The normalized spacial score (nSPS) is 9.28. The van der Waals surface area contributed by atoms with E-state index < -0.39 is 29.7 Å². The second-order valence-electron chi connectivity index (χ2n) is 3.75. The molecule has 9 nitrogen and oxygen atoms in total. The summed E-state index contributed by atoms with van der Waals surface area (Å²) in [5, 5.41) is 17.9. The summed E-state index contributed by atoms with van der Waals surface area (Å²) in [6.07, 6.45) is 3.54. The summed E-state index contributed by atoms with van der Waals surface area (Å²) in [6, 6.07) is 0. The van der Waals surface area contributed by atoms with Crippen molar-refractivity contribution in [1.29, 1.82) is 0 Å². The van der Waals surface area contributed by atoms with Crippen molar-refractivity contribution >= 4 is 23.8 Å². The van der Waals surface area contributed by atoms with Crippen molar-refractivity contribution in [3.63, 3.8) is 0 Å². The molecule has 6 N–H and O–H groups in total.